The number of aryl methyl sites for hydroxylation is 2. The smallest absolute Gasteiger partial charge is 0.281 e. The van der Waals surface area contributed by atoms with Crippen molar-refractivity contribution in [3.8, 4) is 11.1 Å². The summed E-state index contributed by atoms with van der Waals surface area (Å²) in [4.78, 5) is 19.3. The molecule has 0 spiro atoms. The molecule has 0 saturated heterocycles. The Morgan fingerprint density at radius 1 is 1.20 bits per heavy atom. The molecule has 0 aliphatic carbocycles. The van der Waals surface area contributed by atoms with Gasteiger partial charge in [-0.15, -0.1) is 0 Å². The largest absolute Gasteiger partial charge is 0.387 e. The highest BCUT2D eigenvalue weighted by Gasteiger charge is 2.20. The van der Waals surface area contributed by atoms with Crippen LogP contribution in [0.25, 0.3) is 11.1 Å². The molecule has 0 radical (unpaired) electrons. The van der Waals surface area contributed by atoms with Gasteiger partial charge in [0.2, 0.25) is 0 Å². The Balaban J connectivity index is 2.61. The molecule has 1 amide bonds. The van der Waals surface area contributed by atoms with Gasteiger partial charge in [0.15, 0.2) is 0 Å². The molecule has 2 rings (SSSR count). The maximum Gasteiger partial charge on any atom is 0.281 e. The molecule has 0 aliphatic heterocycles. The van der Waals surface area contributed by atoms with Gasteiger partial charge < -0.3 is 10.7 Å². The number of rotatable bonds is 2. The number of carbonyl (C=O) groups excluding carboxylic acids is 1. The summed E-state index contributed by atoms with van der Waals surface area (Å²) in [6, 6.07) is 7.83. The van der Waals surface area contributed by atoms with Crippen molar-refractivity contribution >= 4 is 27.7 Å². The standard InChI is InChI=1S/C15H16BrN3O/c1-8-13(11-4-6-12(16)7-5-11)14(9(2)18-8)15(20)19-10(3)17/h4-7,18H,1-3H3,(H2,17,19,20). The predicted octanol–water partition coefficient (Wildman–Crippen LogP) is 3.58. The molecule has 104 valence electrons. The van der Waals surface area contributed by atoms with Crippen LogP contribution in [0.15, 0.2) is 33.7 Å². The lowest BCUT2D eigenvalue weighted by Gasteiger charge is -2.05. The Morgan fingerprint density at radius 2 is 1.80 bits per heavy atom. The number of nitrogens with one attached hydrogen (secondary N) is 1. The van der Waals surface area contributed by atoms with Gasteiger partial charge >= 0.3 is 0 Å². The van der Waals surface area contributed by atoms with Gasteiger partial charge in [-0.1, -0.05) is 28.1 Å². The number of nitrogens with two attached hydrogens (primary N) is 1. The zero-order chi connectivity index (χ0) is 14.9. The van der Waals surface area contributed by atoms with Crippen LogP contribution in [0.3, 0.4) is 0 Å². The number of hydrogen-bond donors (Lipinski definition) is 2. The molecule has 1 aromatic carbocycles. The van der Waals surface area contributed by atoms with Crippen LogP contribution in [0.2, 0.25) is 0 Å². The van der Waals surface area contributed by atoms with Crippen molar-refractivity contribution in [3.05, 3.63) is 45.7 Å². The van der Waals surface area contributed by atoms with E-state index in [4.69, 9.17) is 5.73 Å². The number of amides is 1. The summed E-state index contributed by atoms with van der Waals surface area (Å²) in [5, 5.41) is 0. The molecule has 0 aliphatic rings. The number of aromatic nitrogens is 1. The normalized spacial score (nSPS) is 11.7. The summed E-state index contributed by atoms with van der Waals surface area (Å²) in [6.45, 7) is 5.41. The molecule has 0 bridgehead atoms. The van der Waals surface area contributed by atoms with Gasteiger partial charge in [0, 0.05) is 21.4 Å². The molecule has 5 heteroatoms. The molecule has 0 saturated carbocycles. The molecule has 2 aromatic rings. The Labute approximate surface area is 126 Å². The molecule has 1 heterocycles. The molecule has 0 atom stereocenters. The third kappa shape index (κ3) is 2.82. The van der Waals surface area contributed by atoms with E-state index in [1.807, 2.05) is 38.1 Å². The summed E-state index contributed by atoms with van der Waals surface area (Å²) < 4.78 is 0.995. The topological polar surface area (TPSA) is 71.2 Å². The van der Waals surface area contributed by atoms with Gasteiger partial charge in [0.05, 0.1) is 5.56 Å². The number of amidine groups is 1. The summed E-state index contributed by atoms with van der Waals surface area (Å²) in [6.07, 6.45) is 0. The number of hydrogen-bond acceptors (Lipinski definition) is 1. The van der Waals surface area contributed by atoms with Crippen molar-refractivity contribution in [2.45, 2.75) is 20.8 Å². The first-order valence-corrected chi connectivity index (χ1v) is 6.99. The van der Waals surface area contributed by atoms with Crippen LogP contribution >= 0.6 is 15.9 Å². The molecule has 3 N–H and O–H groups in total. The monoisotopic (exact) mass is 333 g/mol. The van der Waals surface area contributed by atoms with Crippen molar-refractivity contribution in [2.75, 3.05) is 0 Å². The number of halogens is 1. The molecule has 20 heavy (non-hydrogen) atoms. The van der Waals surface area contributed by atoms with Crippen molar-refractivity contribution in [2.24, 2.45) is 10.7 Å². The lowest BCUT2D eigenvalue weighted by atomic mass is 10.00. The SMILES string of the molecule is CC(N)=NC(=O)c1c(C)[nH]c(C)c1-c1ccc(Br)cc1. The van der Waals surface area contributed by atoms with Gasteiger partial charge in [0.1, 0.15) is 5.84 Å². The van der Waals surface area contributed by atoms with Crippen molar-refractivity contribution in [1.29, 1.82) is 0 Å². The van der Waals surface area contributed by atoms with E-state index in [2.05, 4.69) is 25.9 Å². The lowest BCUT2D eigenvalue weighted by Crippen LogP contribution is -2.10. The van der Waals surface area contributed by atoms with Crippen LogP contribution in [0.1, 0.15) is 28.7 Å². The van der Waals surface area contributed by atoms with Crippen molar-refractivity contribution in [3.63, 3.8) is 0 Å². The molecule has 4 nitrogen and oxygen atoms in total. The molecule has 0 unspecified atom stereocenters. The van der Waals surface area contributed by atoms with E-state index in [0.29, 0.717) is 5.56 Å². The van der Waals surface area contributed by atoms with Crippen LogP contribution < -0.4 is 5.73 Å². The molecular weight excluding hydrogens is 318 g/mol. The first-order valence-electron chi connectivity index (χ1n) is 6.20. The fourth-order valence-corrected chi connectivity index (χ4v) is 2.51. The lowest BCUT2D eigenvalue weighted by molar-refractivity contribution is 0.100. The first kappa shape index (κ1) is 14.5. The average molecular weight is 334 g/mol. The van der Waals surface area contributed by atoms with E-state index < -0.39 is 0 Å². The van der Waals surface area contributed by atoms with E-state index in [-0.39, 0.29) is 11.7 Å². The van der Waals surface area contributed by atoms with Crippen molar-refractivity contribution in [1.82, 2.24) is 4.98 Å². The second kappa shape index (κ2) is 5.63. The number of carbonyl (C=O) groups is 1. The Hall–Kier alpha value is -1.88. The highest BCUT2D eigenvalue weighted by atomic mass is 79.9. The predicted molar refractivity (Wildman–Crippen MR) is 85.0 cm³/mol. The highest BCUT2D eigenvalue weighted by molar-refractivity contribution is 9.10. The molecule has 1 aromatic heterocycles. The van der Waals surface area contributed by atoms with E-state index >= 15 is 0 Å². The van der Waals surface area contributed by atoms with Crippen LogP contribution in [0.4, 0.5) is 0 Å². The van der Waals surface area contributed by atoms with Gasteiger partial charge in [-0.2, -0.15) is 4.99 Å². The summed E-state index contributed by atoms with van der Waals surface area (Å²) in [7, 11) is 0. The van der Waals surface area contributed by atoms with Gasteiger partial charge in [-0.25, -0.2) is 0 Å². The second-order valence-corrected chi connectivity index (χ2v) is 5.61. The maximum absolute atomic E-state index is 12.3. The third-order valence-electron chi connectivity index (χ3n) is 3.00. The van der Waals surface area contributed by atoms with Gasteiger partial charge in [0.25, 0.3) is 5.91 Å². The fraction of sp³-hybridized carbons (Fsp3) is 0.200. The first-order chi connectivity index (χ1) is 9.40. The Bertz CT molecular complexity index is 680. The zero-order valence-corrected chi connectivity index (χ0v) is 13.2. The second-order valence-electron chi connectivity index (χ2n) is 4.69. The Kier molecular flexibility index (Phi) is 4.09. The fourth-order valence-electron chi connectivity index (χ4n) is 2.24. The molecule has 0 fully saturated rings. The third-order valence-corrected chi connectivity index (χ3v) is 3.53. The van der Waals surface area contributed by atoms with E-state index in [0.717, 1.165) is 27.0 Å². The molecular formula is C15H16BrN3O. The van der Waals surface area contributed by atoms with E-state index in [9.17, 15) is 4.79 Å². The minimum atomic E-state index is -0.315. The van der Waals surface area contributed by atoms with Gasteiger partial charge in [-0.3, -0.25) is 4.79 Å². The minimum absolute atomic E-state index is 0.259. The average Bonchev–Trinajstić information content (AvgIpc) is 2.64. The maximum atomic E-state index is 12.3. The number of aliphatic imine (C=N–C) groups is 1. The summed E-state index contributed by atoms with van der Waals surface area (Å²) in [5.74, 6) is -0.0558. The minimum Gasteiger partial charge on any atom is -0.387 e. The van der Waals surface area contributed by atoms with E-state index in [1.54, 1.807) is 6.92 Å². The van der Waals surface area contributed by atoms with Crippen LogP contribution in [0, 0.1) is 13.8 Å². The van der Waals surface area contributed by atoms with Crippen LogP contribution in [-0.4, -0.2) is 16.7 Å². The number of benzene rings is 1. The number of H-pyrrole nitrogens is 1. The zero-order valence-electron chi connectivity index (χ0n) is 11.6. The van der Waals surface area contributed by atoms with Crippen LogP contribution in [-0.2, 0) is 0 Å². The van der Waals surface area contributed by atoms with Crippen molar-refractivity contribution < 1.29 is 4.79 Å². The highest BCUT2D eigenvalue weighted by Crippen LogP contribution is 2.31. The van der Waals surface area contributed by atoms with Crippen LogP contribution in [0.5, 0.6) is 0 Å². The quantitative estimate of drug-likeness (QED) is 0.651. The summed E-state index contributed by atoms with van der Waals surface area (Å²) >= 11 is 3.41. The number of aromatic amines is 1. The summed E-state index contributed by atoms with van der Waals surface area (Å²) in [5.41, 5.74) is 9.69. The Morgan fingerprint density at radius 3 is 2.35 bits per heavy atom. The van der Waals surface area contributed by atoms with E-state index in [1.165, 1.54) is 0 Å². The number of nitrogens with zero attached hydrogens (tertiary/aromatic N) is 1. The van der Waals surface area contributed by atoms with Gasteiger partial charge in [-0.05, 0) is 38.5 Å².